The number of carbonyl (C=O) groups excluding carboxylic acids is 9. The van der Waals surface area contributed by atoms with Gasteiger partial charge in [0.05, 0.1) is 35.5 Å². The van der Waals surface area contributed by atoms with Crippen LogP contribution >= 0.6 is 291 Å². The Kier molecular flexibility index (Phi) is 177. The second-order valence-electron chi connectivity index (χ2n) is 15.6. The Bertz CT molecular complexity index is 2520. The van der Waals surface area contributed by atoms with Crippen molar-refractivity contribution < 1.29 is 104 Å². The molecule has 0 aromatic heterocycles. The standard InChI is InChI=1S/C4H9NOS.C4H9NS2.C4H6O3S.C4H6O2S.C3H9NO2S2.C3H9NOS2.C3H7NOS.C3H7NS2.C3H6O2S.2C3H6OS2.C3H6OS.C3H6S3.C3H6S2.C2H7NO2S2.C2H7NOS2.C2H6O3S2.C2H6O2S2/c2*1-5(2)4(6)7-3;1-7-3(5)4(6)8-2;1-3(5)4(6)7-2;1-4(2)8(5,6)7-3;1-4(2)7(5)6-3;2*1-4-3(5)6-2;2*1-5-3(4)6-2;1-4-3(5)6-2;1-3(4)5-2;1-5-3(4)6-2;1-3(4)5-2;1-3-7(4,5)6-2;1-3-6(4)5-2;1-5-7(3,4)6-2;1-4-6(3)5-2/h2*1-3H3;1-2H3;1-2H3;1-3H3;1-3H3;2*1-2H3,(H,4,5);3*1-2H3;1-2H3;1-2H3;1-2H3;3H,1-2H3;3H,1-2H3;1-2H3;1-2H3. The van der Waals surface area contributed by atoms with Crippen LogP contribution in [0.5, 0.6) is 0 Å². The van der Waals surface area contributed by atoms with Gasteiger partial charge in [0.1, 0.15) is 12.2 Å². The van der Waals surface area contributed by atoms with Gasteiger partial charge in [-0.3, -0.25) is 41.9 Å². The van der Waals surface area contributed by atoms with Crippen molar-refractivity contribution >= 4 is 416 Å². The number of nitrogens with zero attached hydrogens (tertiary/aromatic N) is 4. The Labute approximate surface area is 813 Å². The third-order valence-electron chi connectivity index (χ3n) is 7.34. The second kappa shape index (κ2) is 127. The van der Waals surface area contributed by atoms with E-state index in [4.69, 9.17) is 36.7 Å². The van der Waals surface area contributed by atoms with Crippen molar-refractivity contribution in [2.45, 2.75) is 20.8 Å². The molecule has 2 amide bonds. The van der Waals surface area contributed by atoms with E-state index in [-0.39, 0.29) is 36.2 Å². The molecule has 0 saturated heterocycles. The van der Waals surface area contributed by atoms with Gasteiger partial charge >= 0.3 is 20.4 Å². The SMILES string of the molecule is CNC(=O)SC.CNC(=S)SC.CNS(=O)(=O)SC.CNS(=O)SC.COC(=O)C(=O)SC.COC(=O)SC.COC(=S)SC.COS(=O)(=O)SC.COS(=O)SC.CSC(=O)C(C)=O.CSC(=O)N(C)C.CSC(=O)SC.CSC(=S)N(C)C.CSC(=S)SC.CSC(C)=O.CSC(C)=S.CSS(=O)(=O)N(C)C.CSS(=O)N(C)C. The lowest BCUT2D eigenvalue weighted by molar-refractivity contribution is -0.147. The summed E-state index contributed by atoms with van der Waals surface area (Å²) < 4.78 is 126. The first-order valence-electron chi connectivity index (χ1n) is 28.7. The lowest BCUT2D eigenvalue weighted by Crippen LogP contribution is -2.17. The van der Waals surface area contributed by atoms with Crippen LogP contribution in [-0.2, 0) is 104 Å². The number of Topliss-reactive ketones (excluding diaryl/α,β-unsaturated/α-hetero) is 1. The fourth-order valence-corrected chi connectivity index (χ4v) is 9.96. The molecule has 0 aliphatic carbocycles. The Morgan fingerprint density at radius 3 is 0.853 bits per heavy atom. The van der Waals surface area contributed by atoms with Gasteiger partial charge in [0.2, 0.25) is 24.7 Å². The van der Waals surface area contributed by atoms with E-state index < -0.39 is 68.5 Å². The number of methoxy groups -OCH3 is 3. The van der Waals surface area contributed by atoms with Crippen molar-refractivity contribution in [3.63, 3.8) is 0 Å². The van der Waals surface area contributed by atoms with E-state index in [1.54, 1.807) is 181 Å². The average molecular weight is 2250 g/mol. The van der Waals surface area contributed by atoms with Gasteiger partial charge in [0.15, 0.2) is 25.2 Å². The van der Waals surface area contributed by atoms with E-state index in [0.717, 1.165) is 80.3 Å². The Balaban J connectivity index is -0.0000000549. The third-order valence-corrected chi connectivity index (χ3v) is 35.5. The minimum atomic E-state index is -3.24. The molecule has 0 spiro atoms. The molecule has 116 heavy (non-hydrogen) atoms. The first-order valence-corrected chi connectivity index (χ1v) is 66.0. The molecule has 0 bridgehead atoms. The van der Waals surface area contributed by atoms with Crippen molar-refractivity contribution in [3.8, 4) is 0 Å². The lowest BCUT2D eigenvalue weighted by atomic mass is 10.5. The lowest BCUT2D eigenvalue weighted by Gasteiger charge is -2.08. The van der Waals surface area contributed by atoms with Crippen LogP contribution in [0.15, 0.2) is 0 Å². The molecule has 704 valence electrons. The second-order valence-corrected chi connectivity index (χ2v) is 52.5. The molecule has 62 heteroatoms. The average Bonchev–Trinajstić information content (AvgIpc) is 0.916. The molecule has 0 aliphatic heterocycles. The zero-order valence-electron chi connectivity index (χ0n) is 72.8. The van der Waals surface area contributed by atoms with Gasteiger partial charge in [-0.1, -0.05) is 143 Å². The number of ketones is 1. The molecule has 0 aliphatic rings. The molecule has 3 atom stereocenters. The maximum absolute atomic E-state index is 10.6. The minimum Gasteiger partial charge on any atom is -0.482 e. The van der Waals surface area contributed by atoms with Gasteiger partial charge in [-0.25, -0.2) is 52.8 Å². The summed E-state index contributed by atoms with van der Waals surface area (Å²) in [6, 6.07) is 0. The van der Waals surface area contributed by atoms with E-state index in [0.29, 0.717) is 15.2 Å². The van der Waals surface area contributed by atoms with Crippen LogP contribution in [-0.4, -0.2) is 370 Å². The summed E-state index contributed by atoms with van der Waals surface area (Å²) >= 11 is 42.0. The van der Waals surface area contributed by atoms with Gasteiger partial charge < -0.3 is 34.6 Å². The molecule has 4 N–H and O–H groups in total. The molecule has 0 aromatic rings. The number of thioether (sulfide) groups is 14. The number of esters is 1. The maximum atomic E-state index is 10.6. The van der Waals surface area contributed by atoms with E-state index in [1.165, 1.54) is 182 Å². The summed E-state index contributed by atoms with van der Waals surface area (Å²) in [7, 11) is 21.1. The molecular formula is C54H124N8O23S31. The maximum Gasteiger partial charge on any atom is 0.385 e. The highest BCUT2D eigenvalue weighted by Gasteiger charge is 2.11. The van der Waals surface area contributed by atoms with Gasteiger partial charge in [0, 0.05) is 88.5 Å². The van der Waals surface area contributed by atoms with Crippen LogP contribution in [0.4, 0.5) is 19.2 Å². The first-order chi connectivity index (χ1) is 53.2. The van der Waals surface area contributed by atoms with Gasteiger partial charge in [0.25, 0.3) is 38.8 Å². The Morgan fingerprint density at radius 1 is 0.431 bits per heavy atom. The summed E-state index contributed by atoms with van der Waals surface area (Å²) in [5.41, 5.74) is 0. The quantitative estimate of drug-likeness (QED) is 0.0576. The van der Waals surface area contributed by atoms with Crippen LogP contribution < -0.4 is 20.1 Å². The summed E-state index contributed by atoms with van der Waals surface area (Å²) in [5, 5.41) is 4.35. The predicted octanol–water partition coefficient (Wildman–Crippen LogP) is 14.5. The van der Waals surface area contributed by atoms with Crippen molar-refractivity contribution in [3.05, 3.63) is 0 Å². The molecule has 0 radical (unpaired) electrons. The topological polar surface area (TPSA) is 414 Å². The number of thiocarbonyl (C=S) groups is 5. The highest BCUT2D eigenvalue weighted by atomic mass is 33.2. The first kappa shape index (κ1) is 163. The van der Waals surface area contributed by atoms with Gasteiger partial charge in [-0.2, -0.15) is 12.7 Å². The number of hydrogen-bond acceptors (Lipinski definition) is 48. The molecule has 3 unspecified atom stereocenters. The minimum absolute atomic E-state index is 0.00926. The van der Waals surface area contributed by atoms with Gasteiger partial charge in [-0.15, -0.1) is 58.8 Å². The number of nitrogens with one attached hydrogen (secondary N) is 4. The zero-order chi connectivity index (χ0) is 97.1. The van der Waals surface area contributed by atoms with Crippen LogP contribution in [0.25, 0.3) is 0 Å². The summed E-state index contributed by atoms with van der Waals surface area (Å²) in [6.07, 6.45) is 35.2. The molecule has 0 heterocycles. The molecule has 0 aromatic carbocycles. The molecule has 0 saturated carbocycles. The fourth-order valence-electron chi connectivity index (χ4n) is 1.81. The van der Waals surface area contributed by atoms with Crippen molar-refractivity contribution in [1.82, 2.24) is 38.5 Å². The van der Waals surface area contributed by atoms with Crippen LogP contribution in [0.2, 0.25) is 0 Å². The Morgan fingerprint density at radius 2 is 0.845 bits per heavy atom. The summed E-state index contributed by atoms with van der Waals surface area (Å²) in [4.78, 5) is 94.2. The third kappa shape index (κ3) is 186. The fraction of sp³-hybridized carbons (Fsp3) is 0.741. The number of rotatable bonds is 13. The number of hydrogen-bond donors (Lipinski definition) is 4. The Hall–Kier alpha value is 3.14. The monoisotopic (exact) mass is 2240 g/mol. The van der Waals surface area contributed by atoms with Crippen molar-refractivity contribution in [2.75, 3.05) is 245 Å². The van der Waals surface area contributed by atoms with Gasteiger partial charge in [-0.05, 0) is 235 Å². The van der Waals surface area contributed by atoms with Crippen LogP contribution in [0, 0.1) is 0 Å². The van der Waals surface area contributed by atoms with E-state index in [9.17, 15) is 81.0 Å². The highest BCUT2D eigenvalue weighted by Crippen LogP contribution is 2.11. The van der Waals surface area contributed by atoms with E-state index in [2.05, 4.69) is 67.1 Å². The molecular weight excluding hydrogens is 2120 g/mol. The summed E-state index contributed by atoms with van der Waals surface area (Å²) in [6.45, 7) is 4.73. The van der Waals surface area contributed by atoms with Crippen molar-refractivity contribution in [2.24, 2.45) is 0 Å². The number of amides is 2. The highest BCUT2D eigenvalue weighted by molar-refractivity contribution is 8.71. The zero-order valence-corrected chi connectivity index (χ0v) is 98.1. The molecule has 31 nitrogen and oxygen atoms in total. The summed E-state index contributed by atoms with van der Waals surface area (Å²) in [5.74, 6) is -1.18. The van der Waals surface area contributed by atoms with Crippen molar-refractivity contribution in [1.29, 1.82) is 0 Å². The number of carbonyl (C=O) groups is 9. The van der Waals surface area contributed by atoms with Crippen LogP contribution in [0.3, 0.4) is 0 Å². The van der Waals surface area contributed by atoms with E-state index in [1.807, 2.05) is 76.8 Å². The number of ether oxygens (including phenoxy) is 3. The largest absolute Gasteiger partial charge is 0.482 e. The van der Waals surface area contributed by atoms with Crippen LogP contribution in [0.1, 0.15) is 20.8 Å². The normalized spacial score (nSPS) is 9.84. The predicted molar refractivity (Wildman–Crippen MR) is 574 cm³/mol. The molecule has 0 fully saturated rings. The molecule has 0 rings (SSSR count). The smallest absolute Gasteiger partial charge is 0.385 e. The van der Waals surface area contributed by atoms with E-state index >= 15 is 0 Å².